The molecule has 2 saturated carbocycles. The Hall–Kier alpha value is -2.91. The number of ether oxygens (including phenoxy) is 1. The first-order valence-corrected chi connectivity index (χ1v) is 12.2. The van der Waals surface area contributed by atoms with E-state index in [1.807, 2.05) is 4.72 Å². The van der Waals surface area contributed by atoms with E-state index in [0.29, 0.717) is 29.6 Å². The first kappa shape index (κ1) is 21.0. The van der Waals surface area contributed by atoms with Gasteiger partial charge in [-0.3, -0.25) is 4.79 Å². The van der Waals surface area contributed by atoms with Crippen LogP contribution in [0, 0.1) is 11.3 Å². The average molecular weight is 473 g/mol. The molecule has 0 radical (unpaired) electrons. The fraction of sp³-hybridized carbons (Fsp3) is 0.318. The molecule has 10 heteroatoms. The first-order valence-electron chi connectivity index (χ1n) is 10.3. The van der Waals surface area contributed by atoms with Gasteiger partial charge in [0, 0.05) is 12.3 Å². The van der Waals surface area contributed by atoms with Crippen molar-refractivity contribution in [2.75, 3.05) is 6.61 Å². The topological polar surface area (TPSA) is 103 Å². The normalized spacial score (nSPS) is 18.7. The lowest BCUT2D eigenvalue weighted by atomic mass is 9.71. The Kier molecular flexibility index (Phi) is 5.17. The molecular formula is C22H21ClN4O4S. The van der Waals surface area contributed by atoms with Gasteiger partial charge in [0.25, 0.3) is 15.9 Å². The van der Waals surface area contributed by atoms with Gasteiger partial charge in [-0.05, 0) is 61.3 Å². The molecule has 3 aromatic rings. The van der Waals surface area contributed by atoms with Gasteiger partial charge < -0.3 is 4.74 Å². The smallest absolute Gasteiger partial charge is 0.268 e. The number of aromatic nitrogens is 3. The maximum absolute atomic E-state index is 12.5. The molecule has 1 spiro atoms. The summed E-state index contributed by atoms with van der Waals surface area (Å²) in [7, 11) is -4.02. The highest BCUT2D eigenvalue weighted by molar-refractivity contribution is 7.90. The van der Waals surface area contributed by atoms with Crippen LogP contribution in [0.2, 0.25) is 5.15 Å². The van der Waals surface area contributed by atoms with Crippen LogP contribution in [0.4, 0.5) is 0 Å². The lowest BCUT2D eigenvalue weighted by Crippen LogP contribution is -2.32. The van der Waals surface area contributed by atoms with Crippen LogP contribution in [-0.4, -0.2) is 35.7 Å². The summed E-state index contributed by atoms with van der Waals surface area (Å²) in [5.41, 5.74) is 0.487. The Bertz CT molecular complexity index is 1270. The van der Waals surface area contributed by atoms with Gasteiger partial charge in [-0.1, -0.05) is 29.8 Å². The summed E-state index contributed by atoms with van der Waals surface area (Å²) < 4.78 is 34.1. The molecule has 2 aromatic heterocycles. The third-order valence-corrected chi connectivity index (χ3v) is 7.97. The van der Waals surface area contributed by atoms with Crippen molar-refractivity contribution in [2.45, 2.75) is 30.6 Å². The Morgan fingerprint density at radius 2 is 1.94 bits per heavy atom. The predicted octanol–water partition coefficient (Wildman–Crippen LogP) is 3.61. The van der Waals surface area contributed by atoms with E-state index in [1.54, 1.807) is 30.5 Å². The van der Waals surface area contributed by atoms with E-state index in [0.717, 1.165) is 0 Å². The number of benzene rings is 1. The van der Waals surface area contributed by atoms with Crippen molar-refractivity contribution in [3.8, 4) is 11.7 Å². The summed E-state index contributed by atoms with van der Waals surface area (Å²) in [6.45, 7) is 0.667. The molecule has 0 aliphatic heterocycles. The van der Waals surface area contributed by atoms with E-state index in [4.69, 9.17) is 16.3 Å². The van der Waals surface area contributed by atoms with Crippen LogP contribution in [-0.2, 0) is 10.0 Å². The quantitative estimate of drug-likeness (QED) is 0.527. The van der Waals surface area contributed by atoms with Gasteiger partial charge in [-0.25, -0.2) is 22.8 Å². The Morgan fingerprint density at radius 3 is 2.59 bits per heavy atom. The highest BCUT2D eigenvalue weighted by Crippen LogP contribution is 2.64. The van der Waals surface area contributed by atoms with Crippen LogP contribution in [0.1, 0.15) is 36.0 Å². The van der Waals surface area contributed by atoms with Crippen LogP contribution in [0.15, 0.2) is 59.6 Å². The molecule has 2 aliphatic carbocycles. The molecule has 1 amide bonds. The second-order valence-electron chi connectivity index (χ2n) is 8.26. The number of nitrogens with zero attached hydrogens (tertiary/aromatic N) is 3. The molecule has 2 fully saturated rings. The fourth-order valence-corrected chi connectivity index (χ4v) is 5.31. The minimum Gasteiger partial charge on any atom is -0.476 e. The van der Waals surface area contributed by atoms with Crippen LogP contribution in [0.3, 0.4) is 0 Å². The van der Waals surface area contributed by atoms with Gasteiger partial charge >= 0.3 is 0 Å². The molecule has 0 bridgehead atoms. The van der Waals surface area contributed by atoms with Crippen LogP contribution < -0.4 is 9.46 Å². The predicted molar refractivity (Wildman–Crippen MR) is 117 cm³/mol. The van der Waals surface area contributed by atoms with E-state index >= 15 is 0 Å². The second-order valence-corrected chi connectivity index (χ2v) is 10.3. The molecule has 166 valence electrons. The molecule has 32 heavy (non-hydrogen) atoms. The summed E-state index contributed by atoms with van der Waals surface area (Å²) in [5, 5.41) is 4.24. The molecule has 1 unspecified atom stereocenters. The molecule has 8 nitrogen and oxygen atoms in total. The van der Waals surface area contributed by atoms with Gasteiger partial charge in [0.2, 0.25) is 5.88 Å². The van der Waals surface area contributed by atoms with Crippen molar-refractivity contribution >= 4 is 27.5 Å². The number of hydrogen-bond acceptors (Lipinski definition) is 6. The van der Waals surface area contributed by atoms with E-state index < -0.39 is 15.9 Å². The third-order valence-electron chi connectivity index (χ3n) is 6.34. The van der Waals surface area contributed by atoms with Crippen molar-refractivity contribution < 1.29 is 17.9 Å². The molecule has 1 atom stereocenters. The monoisotopic (exact) mass is 472 g/mol. The number of sulfonamides is 1. The van der Waals surface area contributed by atoms with Crippen molar-refractivity contribution in [1.82, 2.24) is 19.5 Å². The summed E-state index contributed by atoms with van der Waals surface area (Å²) in [5.74, 6) is 0.637. The van der Waals surface area contributed by atoms with E-state index in [9.17, 15) is 13.2 Å². The van der Waals surface area contributed by atoms with Crippen molar-refractivity contribution in [1.29, 1.82) is 0 Å². The number of pyridine rings is 1. The number of halogens is 1. The summed E-state index contributed by atoms with van der Waals surface area (Å²) in [6.07, 6.45) is 6.84. The van der Waals surface area contributed by atoms with Crippen molar-refractivity contribution in [3.05, 3.63) is 65.4 Å². The maximum atomic E-state index is 12.5. The number of hydrogen-bond donors (Lipinski definition) is 1. The van der Waals surface area contributed by atoms with Gasteiger partial charge in [0.15, 0.2) is 5.82 Å². The number of carbonyl (C=O) groups excluding carboxylic acids is 1. The molecular weight excluding hydrogens is 452 g/mol. The van der Waals surface area contributed by atoms with Crippen LogP contribution in [0.5, 0.6) is 5.88 Å². The summed E-state index contributed by atoms with van der Waals surface area (Å²) >= 11 is 6.18. The summed E-state index contributed by atoms with van der Waals surface area (Å²) in [4.78, 5) is 16.7. The standard InChI is InChI=1S/C22H21ClN4O4S/c23-20-17(21(28)26-32(29,30)16-4-2-1-3-5-16)6-7-18(24-20)27-13-9-19(25-27)31-14-15-8-10-22(15)11-12-22/h1-7,9,13,15H,8,10-12,14H2,(H,26,28). The maximum Gasteiger partial charge on any atom is 0.268 e. The Morgan fingerprint density at radius 1 is 1.16 bits per heavy atom. The van der Waals surface area contributed by atoms with Crippen molar-refractivity contribution in [2.24, 2.45) is 11.3 Å². The molecule has 5 rings (SSSR count). The molecule has 1 N–H and O–H groups in total. The average Bonchev–Trinajstić information content (AvgIpc) is 3.48. The minimum absolute atomic E-state index is 0.0207. The number of amides is 1. The first-order chi connectivity index (χ1) is 15.4. The molecule has 1 aromatic carbocycles. The zero-order valence-electron chi connectivity index (χ0n) is 17.1. The molecule has 2 heterocycles. The lowest BCUT2D eigenvalue weighted by molar-refractivity contribution is 0.0815. The zero-order valence-corrected chi connectivity index (χ0v) is 18.6. The second kappa shape index (κ2) is 7.90. The fourth-order valence-electron chi connectivity index (χ4n) is 4.09. The summed E-state index contributed by atoms with van der Waals surface area (Å²) in [6, 6.07) is 12.3. The van der Waals surface area contributed by atoms with Gasteiger partial charge in [0.05, 0.1) is 17.1 Å². The molecule has 0 saturated heterocycles. The van der Waals surface area contributed by atoms with Crippen molar-refractivity contribution in [3.63, 3.8) is 0 Å². The Labute approximate surface area is 190 Å². The van der Waals surface area contributed by atoms with Crippen LogP contribution in [0.25, 0.3) is 5.82 Å². The minimum atomic E-state index is -4.02. The van der Waals surface area contributed by atoms with E-state index in [-0.39, 0.29) is 15.6 Å². The highest BCUT2D eigenvalue weighted by atomic mass is 35.5. The molecule has 2 aliphatic rings. The highest BCUT2D eigenvalue weighted by Gasteiger charge is 2.55. The van der Waals surface area contributed by atoms with E-state index in [1.165, 1.54) is 54.6 Å². The van der Waals surface area contributed by atoms with Gasteiger partial charge in [0.1, 0.15) is 5.15 Å². The number of nitrogens with one attached hydrogen (secondary N) is 1. The van der Waals surface area contributed by atoms with Crippen LogP contribution >= 0.6 is 11.6 Å². The van der Waals surface area contributed by atoms with E-state index in [2.05, 4.69) is 10.1 Å². The third kappa shape index (κ3) is 3.98. The zero-order chi connectivity index (χ0) is 22.3. The lowest BCUT2D eigenvalue weighted by Gasteiger charge is -2.36. The van der Waals surface area contributed by atoms with Gasteiger partial charge in [-0.2, -0.15) is 0 Å². The largest absolute Gasteiger partial charge is 0.476 e. The van der Waals surface area contributed by atoms with Gasteiger partial charge in [-0.15, -0.1) is 5.10 Å². The SMILES string of the molecule is O=C(NS(=O)(=O)c1ccccc1)c1ccc(-n2ccc(OCC3CCC34CC4)n2)nc1Cl. The Balaban J connectivity index is 1.26. The number of carbonyl (C=O) groups is 1. The number of rotatable bonds is 7.